The topological polar surface area (TPSA) is 12.0 Å². The highest BCUT2D eigenvalue weighted by molar-refractivity contribution is 9.10. The molecule has 1 aromatic heterocycles. The first-order valence-electron chi connectivity index (χ1n) is 5.82. The van der Waals surface area contributed by atoms with Crippen LogP contribution in [0.3, 0.4) is 0 Å². The SMILES string of the molecule is CNC(Cc1ccc(Br)cc1)Cc1sccc1Br. The lowest BCUT2D eigenvalue weighted by molar-refractivity contribution is 0.559. The maximum Gasteiger partial charge on any atom is 0.0314 e. The van der Waals surface area contributed by atoms with Gasteiger partial charge in [0, 0.05) is 19.9 Å². The molecule has 2 rings (SSSR count). The predicted octanol–water partition coefficient (Wildman–Crippen LogP) is 4.65. The van der Waals surface area contributed by atoms with Gasteiger partial charge in [0.2, 0.25) is 0 Å². The van der Waals surface area contributed by atoms with Crippen molar-refractivity contribution in [3.05, 3.63) is 55.1 Å². The highest BCUT2D eigenvalue weighted by Gasteiger charge is 2.11. The maximum absolute atomic E-state index is 3.60. The second-order valence-electron chi connectivity index (χ2n) is 4.21. The summed E-state index contributed by atoms with van der Waals surface area (Å²) in [5.74, 6) is 0. The van der Waals surface area contributed by atoms with Gasteiger partial charge in [-0.3, -0.25) is 0 Å². The molecule has 1 atom stereocenters. The number of halogens is 2. The van der Waals surface area contributed by atoms with E-state index in [-0.39, 0.29) is 0 Å². The predicted molar refractivity (Wildman–Crippen MR) is 86.4 cm³/mol. The smallest absolute Gasteiger partial charge is 0.0314 e. The van der Waals surface area contributed by atoms with Crippen molar-refractivity contribution in [2.75, 3.05) is 7.05 Å². The zero-order chi connectivity index (χ0) is 13.0. The first kappa shape index (κ1) is 14.3. The van der Waals surface area contributed by atoms with Gasteiger partial charge in [-0.05, 0) is 65.0 Å². The molecule has 0 saturated heterocycles. The van der Waals surface area contributed by atoms with Crippen LogP contribution >= 0.6 is 43.2 Å². The van der Waals surface area contributed by atoms with Crippen LogP contribution in [0.4, 0.5) is 0 Å². The second kappa shape index (κ2) is 6.85. The zero-order valence-electron chi connectivity index (χ0n) is 10.1. The van der Waals surface area contributed by atoms with Gasteiger partial charge in [-0.15, -0.1) is 11.3 Å². The third-order valence-corrected chi connectivity index (χ3v) is 5.40. The molecule has 18 heavy (non-hydrogen) atoms. The fourth-order valence-electron chi connectivity index (χ4n) is 1.88. The van der Waals surface area contributed by atoms with Crippen molar-refractivity contribution in [1.29, 1.82) is 0 Å². The molecule has 1 aromatic carbocycles. The number of hydrogen-bond acceptors (Lipinski definition) is 2. The summed E-state index contributed by atoms with van der Waals surface area (Å²) < 4.78 is 2.36. The molecule has 2 aromatic rings. The monoisotopic (exact) mass is 387 g/mol. The Hall–Kier alpha value is -0.160. The molecule has 0 aliphatic heterocycles. The van der Waals surface area contributed by atoms with Crippen LogP contribution in [-0.4, -0.2) is 13.1 Å². The fourth-order valence-corrected chi connectivity index (χ4v) is 3.74. The number of rotatable bonds is 5. The fraction of sp³-hybridized carbons (Fsp3) is 0.286. The molecule has 0 spiro atoms. The van der Waals surface area contributed by atoms with Gasteiger partial charge in [-0.1, -0.05) is 28.1 Å². The average Bonchev–Trinajstić information content (AvgIpc) is 2.77. The van der Waals surface area contributed by atoms with Crippen LogP contribution in [-0.2, 0) is 12.8 Å². The van der Waals surface area contributed by atoms with Crippen molar-refractivity contribution in [2.24, 2.45) is 0 Å². The van der Waals surface area contributed by atoms with Gasteiger partial charge < -0.3 is 5.32 Å². The van der Waals surface area contributed by atoms with E-state index in [0.717, 1.165) is 17.3 Å². The summed E-state index contributed by atoms with van der Waals surface area (Å²) in [6.45, 7) is 0. The molecular weight excluding hydrogens is 374 g/mol. The minimum absolute atomic E-state index is 0.473. The first-order chi connectivity index (χ1) is 8.69. The largest absolute Gasteiger partial charge is 0.316 e. The van der Waals surface area contributed by atoms with E-state index < -0.39 is 0 Å². The van der Waals surface area contributed by atoms with E-state index in [1.807, 2.05) is 18.4 Å². The van der Waals surface area contributed by atoms with Crippen molar-refractivity contribution in [2.45, 2.75) is 18.9 Å². The zero-order valence-corrected chi connectivity index (χ0v) is 14.1. The van der Waals surface area contributed by atoms with Crippen LogP contribution in [0.15, 0.2) is 44.7 Å². The Morgan fingerprint density at radius 3 is 2.39 bits per heavy atom. The summed E-state index contributed by atoms with van der Waals surface area (Å²) in [6, 6.07) is 11.1. The number of nitrogens with one attached hydrogen (secondary N) is 1. The summed E-state index contributed by atoms with van der Waals surface area (Å²) in [5, 5.41) is 5.54. The Bertz CT molecular complexity index is 493. The Kier molecular flexibility index (Phi) is 5.42. The molecule has 0 aliphatic rings. The van der Waals surface area contributed by atoms with Crippen LogP contribution < -0.4 is 5.32 Å². The Morgan fingerprint density at radius 1 is 1.11 bits per heavy atom. The van der Waals surface area contributed by atoms with E-state index in [0.29, 0.717) is 6.04 Å². The normalized spacial score (nSPS) is 12.6. The van der Waals surface area contributed by atoms with Gasteiger partial charge in [0.05, 0.1) is 0 Å². The molecule has 0 radical (unpaired) electrons. The molecule has 1 heterocycles. The summed E-state index contributed by atoms with van der Waals surface area (Å²) in [7, 11) is 2.03. The van der Waals surface area contributed by atoms with Crippen molar-refractivity contribution < 1.29 is 0 Å². The maximum atomic E-state index is 3.60. The van der Waals surface area contributed by atoms with Crippen LogP contribution in [0.25, 0.3) is 0 Å². The summed E-state index contributed by atoms with van der Waals surface area (Å²) in [6.07, 6.45) is 2.11. The molecular formula is C14H15Br2NS. The first-order valence-corrected chi connectivity index (χ1v) is 8.29. The highest BCUT2D eigenvalue weighted by Crippen LogP contribution is 2.24. The number of benzene rings is 1. The lowest BCUT2D eigenvalue weighted by atomic mass is 10.0. The highest BCUT2D eigenvalue weighted by atomic mass is 79.9. The minimum Gasteiger partial charge on any atom is -0.316 e. The second-order valence-corrected chi connectivity index (χ2v) is 6.98. The molecule has 1 unspecified atom stereocenters. The lowest BCUT2D eigenvalue weighted by Gasteiger charge is -2.15. The quantitative estimate of drug-likeness (QED) is 0.786. The molecule has 0 aliphatic carbocycles. The summed E-state index contributed by atoms with van der Waals surface area (Å²) >= 11 is 8.87. The van der Waals surface area contributed by atoms with Crippen LogP contribution in [0.2, 0.25) is 0 Å². The van der Waals surface area contributed by atoms with Gasteiger partial charge in [0.15, 0.2) is 0 Å². The van der Waals surface area contributed by atoms with Crippen LogP contribution in [0.1, 0.15) is 10.4 Å². The molecule has 0 fully saturated rings. The molecule has 4 heteroatoms. The molecule has 0 bridgehead atoms. The van der Waals surface area contributed by atoms with E-state index in [1.54, 1.807) is 0 Å². The van der Waals surface area contributed by atoms with Crippen LogP contribution in [0.5, 0.6) is 0 Å². The molecule has 0 amide bonds. The Balaban J connectivity index is 2.01. The van der Waals surface area contributed by atoms with E-state index >= 15 is 0 Å². The standard InChI is InChI=1S/C14H15Br2NS/c1-17-12(9-14-13(16)6-7-18-14)8-10-2-4-11(15)5-3-10/h2-7,12,17H,8-9H2,1H3. The van der Waals surface area contributed by atoms with Crippen molar-refractivity contribution >= 4 is 43.2 Å². The lowest BCUT2D eigenvalue weighted by Crippen LogP contribution is -2.29. The Morgan fingerprint density at radius 2 is 1.83 bits per heavy atom. The summed E-state index contributed by atoms with van der Waals surface area (Å²) in [5.41, 5.74) is 1.37. The van der Waals surface area contributed by atoms with Gasteiger partial charge in [-0.25, -0.2) is 0 Å². The van der Waals surface area contributed by atoms with E-state index in [9.17, 15) is 0 Å². The molecule has 0 saturated carbocycles. The molecule has 1 N–H and O–H groups in total. The van der Waals surface area contributed by atoms with Crippen LogP contribution in [0, 0.1) is 0 Å². The van der Waals surface area contributed by atoms with Crippen molar-refractivity contribution in [3.8, 4) is 0 Å². The number of hydrogen-bond donors (Lipinski definition) is 1. The summed E-state index contributed by atoms with van der Waals surface area (Å²) in [4.78, 5) is 1.41. The average molecular weight is 389 g/mol. The van der Waals surface area contributed by atoms with Crippen molar-refractivity contribution in [3.63, 3.8) is 0 Å². The van der Waals surface area contributed by atoms with Gasteiger partial charge in [0.1, 0.15) is 0 Å². The van der Waals surface area contributed by atoms with E-state index in [2.05, 4.69) is 72.9 Å². The van der Waals surface area contributed by atoms with Gasteiger partial charge >= 0.3 is 0 Å². The minimum atomic E-state index is 0.473. The Labute approximate surface area is 129 Å². The van der Waals surface area contributed by atoms with E-state index in [1.165, 1.54) is 14.9 Å². The third kappa shape index (κ3) is 3.92. The van der Waals surface area contributed by atoms with Gasteiger partial charge in [0.25, 0.3) is 0 Å². The molecule has 96 valence electrons. The molecule has 1 nitrogen and oxygen atoms in total. The van der Waals surface area contributed by atoms with Crippen molar-refractivity contribution in [1.82, 2.24) is 5.32 Å². The number of thiophene rings is 1. The van der Waals surface area contributed by atoms with Gasteiger partial charge in [-0.2, -0.15) is 0 Å². The third-order valence-electron chi connectivity index (χ3n) is 2.93. The number of likely N-dealkylation sites (N-methyl/N-ethyl adjacent to an activating group) is 1. The van der Waals surface area contributed by atoms with E-state index in [4.69, 9.17) is 0 Å².